The number of aromatic nitrogens is 2. The van der Waals surface area contributed by atoms with E-state index in [9.17, 15) is 9.59 Å². The quantitative estimate of drug-likeness (QED) is 0.446. The summed E-state index contributed by atoms with van der Waals surface area (Å²) in [6.07, 6.45) is 0.732. The molecular formula is C26H25N3O4. The van der Waals surface area contributed by atoms with E-state index in [1.165, 1.54) is 4.68 Å². The average Bonchev–Trinajstić information content (AvgIpc) is 2.86. The van der Waals surface area contributed by atoms with Crippen LogP contribution >= 0.6 is 0 Å². The first kappa shape index (κ1) is 22.1. The highest BCUT2D eigenvalue weighted by Crippen LogP contribution is 2.33. The molecule has 0 aliphatic heterocycles. The number of carbonyl (C=O) groups is 1. The number of benzene rings is 3. The van der Waals surface area contributed by atoms with Gasteiger partial charge in [0, 0.05) is 23.2 Å². The van der Waals surface area contributed by atoms with E-state index in [0.29, 0.717) is 28.8 Å². The first-order valence-corrected chi connectivity index (χ1v) is 10.7. The zero-order valence-corrected chi connectivity index (χ0v) is 18.8. The summed E-state index contributed by atoms with van der Waals surface area (Å²) < 4.78 is 12.1. The highest BCUT2D eigenvalue weighted by Gasteiger charge is 2.17. The molecule has 0 saturated carbocycles. The Morgan fingerprint density at radius 2 is 1.70 bits per heavy atom. The number of rotatable bonds is 7. The molecule has 0 saturated heterocycles. The van der Waals surface area contributed by atoms with Crippen LogP contribution in [0.25, 0.3) is 21.9 Å². The van der Waals surface area contributed by atoms with Gasteiger partial charge in [0.15, 0.2) is 5.69 Å². The first-order chi connectivity index (χ1) is 16.0. The first-order valence-electron chi connectivity index (χ1n) is 10.7. The third kappa shape index (κ3) is 4.43. The van der Waals surface area contributed by atoms with Crippen LogP contribution in [0.4, 0.5) is 5.69 Å². The number of anilines is 1. The van der Waals surface area contributed by atoms with Crippen molar-refractivity contribution in [3.05, 3.63) is 82.8 Å². The van der Waals surface area contributed by atoms with Gasteiger partial charge in [-0.05, 0) is 48.4 Å². The van der Waals surface area contributed by atoms with Gasteiger partial charge >= 0.3 is 0 Å². The van der Waals surface area contributed by atoms with Crippen LogP contribution in [0.1, 0.15) is 23.8 Å². The SMILES string of the molecule is CCCn1nc(C(=O)Nc2ccc(OC)c(-c3ccc(OC)cc3)c2)c2ccccc2c1=O. The summed E-state index contributed by atoms with van der Waals surface area (Å²) in [4.78, 5) is 26.0. The topological polar surface area (TPSA) is 82.5 Å². The van der Waals surface area contributed by atoms with Crippen LogP contribution in [0.5, 0.6) is 11.5 Å². The molecule has 0 bridgehead atoms. The third-order valence-electron chi connectivity index (χ3n) is 5.38. The molecule has 1 heterocycles. The van der Waals surface area contributed by atoms with Gasteiger partial charge in [0.25, 0.3) is 11.5 Å². The Bertz CT molecular complexity index is 1360. The fourth-order valence-electron chi connectivity index (χ4n) is 3.74. The normalized spacial score (nSPS) is 10.8. The highest BCUT2D eigenvalue weighted by molar-refractivity contribution is 6.11. The van der Waals surface area contributed by atoms with E-state index in [4.69, 9.17) is 9.47 Å². The zero-order valence-electron chi connectivity index (χ0n) is 18.8. The fraction of sp³-hybridized carbons (Fsp3) is 0.192. The monoisotopic (exact) mass is 443 g/mol. The van der Waals surface area contributed by atoms with Crippen LogP contribution in [0.15, 0.2) is 71.5 Å². The van der Waals surface area contributed by atoms with Gasteiger partial charge in [-0.15, -0.1) is 0 Å². The number of hydrogen-bond acceptors (Lipinski definition) is 5. The van der Waals surface area contributed by atoms with E-state index in [-0.39, 0.29) is 17.2 Å². The number of nitrogens with one attached hydrogen (secondary N) is 1. The minimum absolute atomic E-state index is 0.199. The molecule has 0 spiro atoms. The van der Waals surface area contributed by atoms with Crippen molar-refractivity contribution < 1.29 is 14.3 Å². The second-order valence-electron chi connectivity index (χ2n) is 7.52. The second-order valence-corrected chi connectivity index (χ2v) is 7.52. The zero-order chi connectivity index (χ0) is 23.4. The molecule has 4 aromatic rings. The number of carbonyl (C=O) groups excluding carboxylic acids is 1. The molecule has 33 heavy (non-hydrogen) atoms. The lowest BCUT2D eigenvalue weighted by atomic mass is 10.0. The van der Waals surface area contributed by atoms with Crippen LogP contribution in [-0.4, -0.2) is 29.9 Å². The lowest BCUT2D eigenvalue weighted by Gasteiger charge is -2.14. The third-order valence-corrected chi connectivity index (χ3v) is 5.38. The van der Waals surface area contributed by atoms with E-state index in [1.54, 1.807) is 50.6 Å². The Morgan fingerprint density at radius 3 is 2.36 bits per heavy atom. The van der Waals surface area contributed by atoms with Gasteiger partial charge < -0.3 is 14.8 Å². The van der Waals surface area contributed by atoms with Crippen LogP contribution in [0, 0.1) is 0 Å². The van der Waals surface area contributed by atoms with Crippen LogP contribution in [-0.2, 0) is 6.54 Å². The van der Waals surface area contributed by atoms with E-state index >= 15 is 0 Å². The van der Waals surface area contributed by atoms with Gasteiger partial charge in [0.05, 0.1) is 19.6 Å². The van der Waals surface area contributed by atoms with Crippen molar-refractivity contribution in [2.45, 2.75) is 19.9 Å². The van der Waals surface area contributed by atoms with Crippen LogP contribution in [0.2, 0.25) is 0 Å². The average molecular weight is 444 g/mol. The standard InChI is InChI=1S/C26H25N3O4/c1-4-15-29-26(31)21-8-6-5-7-20(21)24(28-29)25(30)27-18-11-14-23(33-3)22(16-18)17-9-12-19(32-2)13-10-17/h5-14,16H,4,15H2,1-3H3,(H,27,30). The largest absolute Gasteiger partial charge is 0.497 e. The maximum Gasteiger partial charge on any atom is 0.276 e. The van der Waals surface area contributed by atoms with E-state index in [1.807, 2.05) is 37.3 Å². The molecular weight excluding hydrogens is 418 g/mol. The Kier molecular flexibility index (Phi) is 6.40. The number of hydrogen-bond donors (Lipinski definition) is 1. The molecule has 1 N–H and O–H groups in total. The Balaban J connectivity index is 1.72. The highest BCUT2D eigenvalue weighted by atomic mass is 16.5. The van der Waals surface area contributed by atoms with Crippen molar-refractivity contribution in [2.24, 2.45) is 0 Å². The number of methoxy groups -OCH3 is 2. The predicted octanol–water partition coefficient (Wildman–Crippen LogP) is 4.74. The number of nitrogens with zero attached hydrogens (tertiary/aromatic N) is 2. The molecule has 7 nitrogen and oxygen atoms in total. The summed E-state index contributed by atoms with van der Waals surface area (Å²) >= 11 is 0. The van der Waals surface area contributed by atoms with Gasteiger partial charge in [-0.1, -0.05) is 37.3 Å². The lowest BCUT2D eigenvalue weighted by molar-refractivity contribution is 0.102. The molecule has 0 unspecified atom stereocenters. The summed E-state index contributed by atoms with van der Waals surface area (Å²) in [5.74, 6) is 1.04. The predicted molar refractivity (Wildman–Crippen MR) is 129 cm³/mol. The smallest absolute Gasteiger partial charge is 0.276 e. The maximum absolute atomic E-state index is 13.2. The second kappa shape index (κ2) is 9.56. The van der Waals surface area contributed by atoms with Crippen molar-refractivity contribution in [2.75, 3.05) is 19.5 Å². The molecule has 3 aromatic carbocycles. The van der Waals surface area contributed by atoms with Crippen molar-refractivity contribution in [1.82, 2.24) is 9.78 Å². The summed E-state index contributed by atoms with van der Waals surface area (Å²) in [6, 6.07) is 20.1. The summed E-state index contributed by atoms with van der Waals surface area (Å²) in [6.45, 7) is 2.40. The van der Waals surface area contributed by atoms with Gasteiger partial charge in [-0.3, -0.25) is 9.59 Å². The Labute approximate surface area is 191 Å². The van der Waals surface area contributed by atoms with E-state index in [2.05, 4.69) is 10.4 Å². The molecule has 1 aromatic heterocycles. The molecule has 1 amide bonds. The van der Waals surface area contributed by atoms with Crippen molar-refractivity contribution in [1.29, 1.82) is 0 Å². The van der Waals surface area contributed by atoms with Crippen LogP contribution < -0.4 is 20.3 Å². The summed E-state index contributed by atoms with van der Waals surface area (Å²) in [7, 11) is 3.22. The van der Waals surface area contributed by atoms with Gasteiger partial charge in [-0.2, -0.15) is 5.10 Å². The summed E-state index contributed by atoms with van der Waals surface area (Å²) in [5, 5.41) is 8.30. The van der Waals surface area contributed by atoms with Crippen molar-refractivity contribution >= 4 is 22.4 Å². The Hall–Kier alpha value is -4.13. The number of amides is 1. The minimum atomic E-state index is -0.387. The molecule has 0 atom stereocenters. The van der Waals surface area contributed by atoms with E-state index in [0.717, 1.165) is 23.3 Å². The van der Waals surface area contributed by atoms with Gasteiger partial charge in [0.2, 0.25) is 0 Å². The van der Waals surface area contributed by atoms with Crippen molar-refractivity contribution in [3.8, 4) is 22.6 Å². The molecule has 0 aliphatic rings. The molecule has 168 valence electrons. The van der Waals surface area contributed by atoms with Gasteiger partial charge in [-0.25, -0.2) is 4.68 Å². The van der Waals surface area contributed by atoms with Crippen LogP contribution in [0.3, 0.4) is 0 Å². The van der Waals surface area contributed by atoms with Gasteiger partial charge in [0.1, 0.15) is 11.5 Å². The molecule has 0 radical (unpaired) electrons. The molecule has 4 rings (SSSR count). The van der Waals surface area contributed by atoms with E-state index < -0.39 is 0 Å². The lowest BCUT2D eigenvalue weighted by Crippen LogP contribution is -2.27. The number of ether oxygens (including phenoxy) is 2. The maximum atomic E-state index is 13.2. The van der Waals surface area contributed by atoms with Crippen molar-refractivity contribution in [3.63, 3.8) is 0 Å². The number of fused-ring (bicyclic) bond motifs is 1. The molecule has 0 fully saturated rings. The minimum Gasteiger partial charge on any atom is -0.497 e. The Morgan fingerprint density at radius 1 is 0.970 bits per heavy atom. The molecule has 0 aliphatic carbocycles. The summed E-state index contributed by atoms with van der Waals surface area (Å²) in [5.41, 5.74) is 2.34. The molecule has 7 heteroatoms. The fourth-order valence-corrected chi connectivity index (χ4v) is 3.74. The number of aryl methyl sites for hydroxylation is 1.